The fourth-order valence-corrected chi connectivity index (χ4v) is 2.36. The Bertz CT molecular complexity index is 897. The van der Waals surface area contributed by atoms with Crippen LogP contribution < -0.4 is 5.56 Å². The summed E-state index contributed by atoms with van der Waals surface area (Å²) in [5.41, 5.74) is 1.53. The van der Waals surface area contributed by atoms with Crippen molar-refractivity contribution >= 4 is 34.7 Å². The van der Waals surface area contributed by atoms with Gasteiger partial charge in [-0.25, -0.2) is 4.98 Å². The fraction of sp³-hybridized carbons (Fsp3) is 0.0588. The molecule has 0 bridgehead atoms. The van der Waals surface area contributed by atoms with Crippen molar-refractivity contribution in [2.45, 2.75) is 0 Å². The molecule has 1 heterocycles. The van der Waals surface area contributed by atoms with Crippen molar-refractivity contribution in [3.8, 4) is 0 Å². The zero-order chi connectivity index (χ0) is 14.8. The van der Waals surface area contributed by atoms with Gasteiger partial charge < -0.3 is 0 Å². The second-order valence-corrected chi connectivity index (χ2v) is 5.11. The highest BCUT2D eigenvalue weighted by atomic mass is 35.5. The second-order valence-electron chi connectivity index (χ2n) is 4.71. The molecule has 3 rings (SSSR count). The molecule has 21 heavy (non-hydrogen) atoms. The van der Waals surface area contributed by atoms with E-state index in [-0.39, 0.29) is 5.56 Å². The third-order valence-corrected chi connectivity index (χ3v) is 3.68. The van der Waals surface area contributed by atoms with Gasteiger partial charge in [-0.3, -0.25) is 9.36 Å². The predicted molar refractivity (Wildman–Crippen MR) is 87.4 cm³/mol. The molecule has 0 amide bonds. The lowest BCUT2D eigenvalue weighted by Crippen LogP contribution is -2.20. The summed E-state index contributed by atoms with van der Waals surface area (Å²) in [5, 5.41) is 1.29. The molecule has 0 saturated heterocycles. The smallest absolute Gasteiger partial charge is 0.261 e. The third-order valence-electron chi connectivity index (χ3n) is 3.33. The molecule has 0 saturated carbocycles. The number of rotatable bonds is 2. The zero-order valence-corrected chi connectivity index (χ0v) is 12.2. The molecule has 0 N–H and O–H groups in total. The summed E-state index contributed by atoms with van der Waals surface area (Å²) in [7, 11) is 1.72. The predicted octanol–water partition coefficient (Wildman–Crippen LogP) is 3.76. The fourth-order valence-electron chi connectivity index (χ4n) is 2.16. The Kier molecular flexibility index (Phi) is 3.59. The van der Waals surface area contributed by atoms with Gasteiger partial charge in [0.15, 0.2) is 0 Å². The highest BCUT2D eigenvalue weighted by Gasteiger charge is 2.05. The Morgan fingerprint density at radius 2 is 1.76 bits per heavy atom. The summed E-state index contributed by atoms with van der Waals surface area (Å²) in [6.45, 7) is 0. The molecule has 0 aliphatic rings. The molecule has 104 valence electrons. The van der Waals surface area contributed by atoms with Crippen LogP contribution in [0.2, 0.25) is 5.02 Å². The van der Waals surface area contributed by atoms with Crippen molar-refractivity contribution in [3.63, 3.8) is 0 Å². The number of nitrogens with zero attached hydrogens (tertiary/aromatic N) is 2. The van der Waals surface area contributed by atoms with Gasteiger partial charge in [-0.2, -0.15) is 0 Å². The number of hydrogen-bond donors (Lipinski definition) is 0. The first-order valence-corrected chi connectivity index (χ1v) is 6.93. The van der Waals surface area contributed by atoms with Gasteiger partial charge in [-0.05, 0) is 35.9 Å². The number of para-hydroxylation sites is 1. The summed E-state index contributed by atoms with van der Waals surface area (Å²) < 4.78 is 1.54. The summed E-state index contributed by atoms with van der Waals surface area (Å²) in [4.78, 5) is 16.8. The third kappa shape index (κ3) is 2.60. The Morgan fingerprint density at radius 3 is 2.57 bits per heavy atom. The van der Waals surface area contributed by atoms with Crippen LogP contribution in [-0.4, -0.2) is 9.55 Å². The maximum Gasteiger partial charge on any atom is 0.261 e. The molecule has 0 fully saturated rings. The monoisotopic (exact) mass is 296 g/mol. The molecule has 4 heteroatoms. The molecule has 0 unspecified atom stereocenters. The maximum atomic E-state index is 12.3. The lowest BCUT2D eigenvalue weighted by atomic mass is 10.2. The topological polar surface area (TPSA) is 34.9 Å². The van der Waals surface area contributed by atoms with Gasteiger partial charge in [-0.15, -0.1) is 0 Å². The van der Waals surface area contributed by atoms with Crippen molar-refractivity contribution < 1.29 is 0 Å². The first-order valence-electron chi connectivity index (χ1n) is 6.55. The van der Waals surface area contributed by atoms with E-state index in [1.807, 2.05) is 48.5 Å². The number of benzene rings is 2. The van der Waals surface area contributed by atoms with E-state index in [9.17, 15) is 4.79 Å². The van der Waals surface area contributed by atoms with Crippen molar-refractivity contribution in [2.24, 2.45) is 7.05 Å². The standard InChI is InChI=1S/C17H13ClN2O/c1-20-16(11-10-12-6-2-4-8-14(12)18)19-15-9-5-3-7-13(15)17(20)21/h2-11H,1H3/b11-10-. The molecule has 0 radical (unpaired) electrons. The van der Waals surface area contributed by atoms with Gasteiger partial charge >= 0.3 is 0 Å². The van der Waals surface area contributed by atoms with Crippen LogP contribution in [0, 0.1) is 0 Å². The van der Waals surface area contributed by atoms with Gasteiger partial charge in [0.2, 0.25) is 0 Å². The number of fused-ring (bicyclic) bond motifs is 1. The largest absolute Gasteiger partial charge is 0.296 e. The summed E-state index contributed by atoms with van der Waals surface area (Å²) >= 11 is 6.12. The summed E-state index contributed by atoms with van der Waals surface area (Å²) in [5.74, 6) is 0.596. The van der Waals surface area contributed by atoms with E-state index in [1.54, 1.807) is 19.2 Å². The summed E-state index contributed by atoms with van der Waals surface area (Å²) in [6, 6.07) is 14.9. The number of hydrogen-bond acceptors (Lipinski definition) is 2. The Balaban J connectivity index is 2.11. The minimum absolute atomic E-state index is 0.0561. The van der Waals surface area contributed by atoms with E-state index in [0.717, 1.165) is 5.56 Å². The first-order chi connectivity index (χ1) is 10.2. The van der Waals surface area contributed by atoms with E-state index in [1.165, 1.54) is 4.57 Å². The normalized spacial score (nSPS) is 11.3. The quantitative estimate of drug-likeness (QED) is 0.722. The van der Waals surface area contributed by atoms with Gasteiger partial charge in [0, 0.05) is 12.1 Å². The first kappa shape index (κ1) is 13.6. The van der Waals surface area contributed by atoms with Crippen LogP contribution in [0.5, 0.6) is 0 Å². The van der Waals surface area contributed by atoms with Crippen LogP contribution in [0.15, 0.2) is 53.3 Å². The minimum atomic E-state index is -0.0561. The molecule has 3 nitrogen and oxygen atoms in total. The van der Waals surface area contributed by atoms with Gasteiger partial charge in [0.1, 0.15) is 5.82 Å². The molecule has 1 aromatic heterocycles. The van der Waals surface area contributed by atoms with Crippen LogP contribution in [-0.2, 0) is 7.05 Å². The Morgan fingerprint density at radius 1 is 1.05 bits per heavy atom. The highest BCUT2D eigenvalue weighted by Crippen LogP contribution is 2.17. The molecule has 3 aromatic rings. The van der Waals surface area contributed by atoms with Crippen LogP contribution >= 0.6 is 11.6 Å². The second kappa shape index (κ2) is 5.54. The van der Waals surface area contributed by atoms with E-state index in [0.29, 0.717) is 21.7 Å². The average molecular weight is 297 g/mol. The van der Waals surface area contributed by atoms with Gasteiger partial charge in [-0.1, -0.05) is 41.9 Å². The molecule has 0 aliphatic carbocycles. The lowest BCUT2D eigenvalue weighted by molar-refractivity contribution is 0.828. The average Bonchev–Trinajstić information content (AvgIpc) is 2.51. The lowest BCUT2D eigenvalue weighted by Gasteiger charge is -2.05. The maximum absolute atomic E-state index is 12.3. The molecule has 0 atom stereocenters. The zero-order valence-electron chi connectivity index (χ0n) is 11.5. The molecule has 0 aliphatic heterocycles. The van der Waals surface area contributed by atoms with Crippen LogP contribution in [0.3, 0.4) is 0 Å². The van der Waals surface area contributed by atoms with E-state index < -0.39 is 0 Å². The summed E-state index contributed by atoms with van der Waals surface area (Å²) in [6.07, 6.45) is 3.66. The highest BCUT2D eigenvalue weighted by molar-refractivity contribution is 6.32. The molecular weight excluding hydrogens is 284 g/mol. The van der Waals surface area contributed by atoms with E-state index in [4.69, 9.17) is 11.6 Å². The van der Waals surface area contributed by atoms with Crippen molar-refractivity contribution in [1.82, 2.24) is 9.55 Å². The van der Waals surface area contributed by atoms with Crippen molar-refractivity contribution in [2.75, 3.05) is 0 Å². The molecule has 0 spiro atoms. The minimum Gasteiger partial charge on any atom is -0.296 e. The van der Waals surface area contributed by atoms with Gasteiger partial charge in [0.05, 0.1) is 10.9 Å². The Labute approximate surface area is 127 Å². The Hall–Kier alpha value is -2.39. The number of aromatic nitrogens is 2. The van der Waals surface area contributed by atoms with Crippen LogP contribution in [0.4, 0.5) is 0 Å². The molecule has 2 aromatic carbocycles. The van der Waals surface area contributed by atoms with E-state index >= 15 is 0 Å². The molecular formula is C17H13ClN2O. The van der Waals surface area contributed by atoms with Gasteiger partial charge in [0.25, 0.3) is 5.56 Å². The van der Waals surface area contributed by atoms with E-state index in [2.05, 4.69) is 4.98 Å². The van der Waals surface area contributed by atoms with Crippen molar-refractivity contribution in [1.29, 1.82) is 0 Å². The SMILES string of the molecule is Cn1c(/C=C\c2ccccc2Cl)nc2ccccc2c1=O. The van der Waals surface area contributed by atoms with Crippen LogP contribution in [0.25, 0.3) is 23.1 Å². The van der Waals surface area contributed by atoms with Crippen LogP contribution in [0.1, 0.15) is 11.4 Å². The number of halogens is 1. The van der Waals surface area contributed by atoms with Crippen molar-refractivity contribution in [3.05, 3.63) is 75.3 Å².